The zero-order chi connectivity index (χ0) is 14.0. The Hall–Kier alpha value is -1.14. The molecule has 6 heteroatoms. The molecule has 0 aliphatic carbocycles. The second kappa shape index (κ2) is 5.88. The number of carbonyl (C=O) groups excluding carboxylic acids is 2. The van der Waals surface area contributed by atoms with Crippen LogP contribution in [0, 0.1) is 5.92 Å². The third-order valence-electron chi connectivity index (χ3n) is 4.28. The standard InChI is InChI=1S/C13H23N3O3/c1-2-8-3-4-15-10(5-8)13(19)16-7-9(17)6-11(16)12(14)18/h8-11,15,17H,2-7H2,1H3,(H2,14,18). The number of carbonyl (C=O) groups is 2. The molecule has 2 rings (SSSR count). The van der Waals surface area contributed by atoms with Crippen molar-refractivity contribution in [3.05, 3.63) is 0 Å². The van der Waals surface area contributed by atoms with E-state index in [1.165, 1.54) is 4.90 Å². The summed E-state index contributed by atoms with van der Waals surface area (Å²) in [6.07, 6.45) is 2.56. The molecule has 108 valence electrons. The monoisotopic (exact) mass is 269 g/mol. The number of nitrogens with one attached hydrogen (secondary N) is 1. The number of nitrogens with two attached hydrogens (primary N) is 1. The number of nitrogens with zero attached hydrogens (tertiary/aromatic N) is 1. The number of β-amino-alcohol motifs (C(OH)–C–C–N with tert-alkyl or cyclic N) is 1. The molecule has 2 saturated heterocycles. The lowest BCUT2D eigenvalue weighted by Gasteiger charge is -2.33. The van der Waals surface area contributed by atoms with Gasteiger partial charge in [-0.05, 0) is 25.3 Å². The molecule has 2 fully saturated rings. The number of primary amides is 1. The summed E-state index contributed by atoms with van der Waals surface area (Å²) in [5.41, 5.74) is 5.31. The third-order valence-corrected chi connectivity index (χ3v) is 4.28. The van der Waals surface area contributed by atoms with E-state index in [-0.39, 0.29) is 24.9 Å². The van der Waals surface area contributed by atoms with Crippen LogP contribution in [-0.2, 0) is 9.59 Å². The van der Waals surface area contributed by atoms with Gasteiger partial charge in [-0.2, -0.15) is 0 Å². The molecule has 0 saturated carbocycles. The summed E-state index contributed by atoms with van der Waals surface area (Å²) >= 11 is 0. The maximum absolute atomic E-state index is 12.5. The molecule has 2 amide bonds. The molecule has 4 unspecified atom stereocenters. The highest BCUT2D eigenvalue weighted by molar-refractivity contribution is 5.89. The number of aliphatic hydroxyl groups excluding tert-OH is 1. The fourth-order valence-corrected chi connectivity index (χ4v) is 3.08. The molecule has 2 heterocycles. The lowest BCUT2D eigenvalue weighted by molar-refractivity contribution is -0.139. The van der Waals surface area contributed by atoms with Gasteiger partial charge in [0.15, 0.2) is 0 Å². The van der Waals surface area contributed by atoms with Crippen molar-refractivity contribution >= 4 is 11.8 Å². The van der Waals surface area contributed by atoms with Crippen LogP contribution < -0.4 is 11.1 Å². The van der Waals surface area contributed by atoms with Crippen LogP contribution in [0.25, 0.3) is 0 Å². The zero-order valence-corrected chi connectivity index (χ0v) is 11.3. The van der Waals surface area contributed by atoms with Crippen LogP contribution in [0.4, 0.5) is 0 Å². The lowest BCUT2D eigenvalue weighted by Crippen LogP contribution is -2.54. The van der Waals surface area contributed by atoms with Crippen molar-refractivity contribution in [2.45, 2.75) is 50.8 Å². The molecule has 4 atom stereocenters. The summed E-state index contributed by atoms with van der Waals surface area (Å²) in [5, 5.41) is 12.9. The molecule has 0 bridgehead atoms. The molecule has 2 aliphatic heterocycles. The Balaban J connectivity index is 2.03. The Labute approximate surface area is 113 Å². The molecule has 0 aromatic carbocycles. The van der Waals surface area contributed by atoms with Gasteiger partial charge in [0, 0.05) is 13.0 Å². The average Bonchev–Trinajstić information content (AvgIpc) is 2.80. The van der Waals surface area contributed by atoms with Crippen molar-refractivity contribution in [1.82, 2.24) is 10.2 Å². The van der Waals surface area contributed by atoms with E-state index in [9.17, 15) is 14.7 Å². The largest absolute Gasteiger partial charge is 0.391 e. The number of likely N-dealkylation sites (tertiary alicyclic amines) is 1. The predicted molar refractivity (Wildman–Crippen MR) is 70.1 cm³/mol. The number of rotatable bonds is 3. The van der Waals surface area contributed by atoms with E-state index in [4.69, 9.17) is 5.73 Å². The summed E-state index contributed by atoms with van der Waals surface area (Å²) in [7, 11) is 0. The van der Waals surface area contributed by atoms with E-state index in [0.29, 0.717) is 5.92 Å². The van der Waals surface area contributed by atoms with Crippen molar-refractivity contribution in [2.24, 2.45) is 11.7 Å². The second-order valence-corrected chi connectivity index (χ2v) is 5.60. The van der Waals surface area contributed by atoms with Gasteiger partial charge >= 0.3 is 0 Å². The van der Waals surface area contributed by atoms with Gasteiger partial charge in [-0.25, -0.2) is 0 Å². The Bertz CT molecular complexity index is 361. The number of aliphatic hydroxyl groups is 1. The van der Waals surface area contributed by atoms with E-state index in [1.54, 1.807) is 0 Å². The van der Waals surface area contributed by atoms with Gasteiger partial charge in [0.05, 0.1) is 12.1 Å². The number of hydrogen-bond acceptors (Lipinski definition) is 4. The average molecular weight is 269 g/mol. The number of piperidine rings is 1. The molecule has 19 heavy (non-hydrogen) atoms. The van der Waals surface area contributed by atoms with Crippen molar-refractivity contribution in [3.63, 3.8) is 0 Å². The van der Waals surface area contributed by atoms with Crippen molar-refractivity contribution in [1.29, 1.82) is 0 Å². The smallest absolute Gasteiger partial charge is 0.240 e. The molecule has 0 aromatic heterocycles. The molecule has 0 spiro atoms. The minimum absolute atomic E-state index is 0.0986. The van der Waals surface area contributed by atoms with Crippen LogP contribution in [0.15, 0.2) is 0 Å². The van der Waals surface area contributed by atoms with Gasteiger partial charge in [-0.3, -0.25) is 9.59 Å². The molecular formula is C13H23N3O3. The van der Waals surface area contributed by atoms with Crippen LogP contribution in [0.1, 0.15) is 32.6 Å². The predicted octanol–water partition coefficient (Wildman–Crippen LogP) is -0.788. The highest BCUT2D eigenvalue weighted by atomic mass is 16.3. The number of hydrogen-bond donors (Lipinski definition) is 3. The maximum Gasteiger partial charge on any atom is 0.240 e. The zero-order valence-electron chi connectivity index (χ0n) is 11.3. The first-order valence-corrected chi connectivity index (χ1v) is 7.04. The lowest BCUT2D eigenvalue weighted by atomic mass is 9.90. The first-order valence-electron chi connectivity index (χ1n) is 7.04. The van der Waals surface area contributed by atoms with Crippen LogP contribution in [0.5, 0.6) is 0 Å². The summed E-state index contributed by atoms with van der Waals surface area (Å²) < 4.78 is 0. The summed E-state index contributed by atoms with van der Waals surface area (Å²) in [6, 6.07) is -0.905. The van der Waals surface area contributed by atoms with Gasteiger partial charge in [-0.1, -0.05) is 13.3 Å². The van der Waals surface area contributed by atoms with Crippen LogP contribution in [0.3, 0.4) is 0 Å². The van der Waals surface area contributed by atoms with Crippen LogP contribution in [-0.4, -0.2) is 53.1 Å². The van der Waals surface area contributed by atoms with Gasteiger partial charge in [0.25, 0.3) is 0 Å². The molecule has 2 aliphatic rings. The van der Waals surface area contributed by atoms with Crippen molar-refractivity contribution in [3.8, 4) is 0 Å². The van der Waals surface area contributed by atoms with E-state index in [0.717, 1.165) is 25.8 Å². The highest BCUT2D eigenvalue weighted by Gasteiger charge is 2.41. The normalized spacial score (nSPS) is 35.4. The van der Waals surface area contributed by atoms with Gasteiger partial charge in [0.2, 0.25) is 11.8 Å². The number of amides is 2. The van der Waals surface area contributed by atoms with E-state index < -0.39 is 18.1 Å². The van der Waals surface area contributed by atoms with Gasteiger partial charge in [-0.15, -0.1) is 0 Å². The Morgan fingerprint density at radius 2 is 2.16 bits per heavy atom. The van der Waals surface area contributed by atoms with Crippen molar-refractivity contribution < 1.29 is 14.7 Å². The summed E-state index contributed by atoms with van der Waals surface area (Å²) in [4.78, 5) is 25.3. The Morgan fingerprint density at radius 3 is 2.79 bits per heavy atom. The first-order chi connectivity index (χ1) is 9.02. The molecule has 4 N–H and O–H groups in total. The molecule has 6 nitrogen and oxygen atoms in total. The van der Waals surface area contributed by atoms with E-state index in [1.807, 2.05) is 0 Å². The van der Waals surface area contributed by atoms with Gasteiger partial charge in [0.1, 0.15) is 6.04 Å². The second-order valence-electron chi connectivity index (χ2n) is 5.60. The van der Waals surface area contributed by atoms with Crippen molar-refractivity contribution in [2.75, 3.05) is 13.1 Å². The first kappa shape index (κ1) is 14.3. The van der Waals surface area contributed by atoms with Crippen LogP contribution in [0.2, 0.25) is 0 Å². The minimum Gasteiger partial charge on any atom is -0.391 e. The maximum atomic E-state index is 12.5. The Morgan fingerprint density at radius 1 is 1.42 bits per heavy atom. The quantitative estimate of drug-likeness (QED) is 0.626. The molecule has 0 radical (unpaired) electrons. The summed E-state index contributed by atoms with van der Waals surface area (Å²) in [6.45, 7) is 3.16. The molecule has 0 aromatic rings. The Kier molecular flexibility index (Phi) is 4.42. The van der Waals surface area contributed by atoms with Crippen LogP contribution >= 0.6 is 0 Å². The minimum atomic E-state index is -0.661. The molecular weight excluding hydrogens is 246 g/mol. The SMILES string of the molecule is CCC1CCNC(C(=O)N2CC(O)CC2C(N)=O)C1. The topological polar surface area (TPSA) is 95.7 Å². The fourth-order valence-electron chi connectivity index (χ4n) is 3.08. The van der Waals surface area contributed by atoms with Gasteiger partial charge < -0.3 is 21.1 Å². The fraction of sp³-hybridized carbons (Fsp3) is 0.846. The van der Waals surface area contributed by atoms with E-state index >= 15 is 0 Å². The highest BCUT2D eigenvalue weighted by Crippen LogP contribution is 2.24. The third kappa shape index (κ3) is 3.06. The van der Waals surface area contributed by atoms with E-state index in [2.05, 4.69) is 12.2 Å². The summed E-state index contributed by atoms with van der Waals surface area (Å²) in [5.74, 6) is -0.0824.